The molecule has 0 saturated carbocycles. The first-order valence-electron chi connectivity index (χ1n) is 10.0. The molecule has 5 heteroatoms. The van der Waals surface area contributed by atoms with Gasteiger partial charge < -0.3 is 4.74 Å². The highest BCUT2D eigenvalue weighted by molar-refractivity contribution is 6.95. The molecule has 2 aromatic carbocycles. The zero-order valence-corrected chi connectivity index (χ0v) is 18.1. The highest BCUT2D eigenvalue weighted by Crippen LogP contribution is 2.56. The first-order chi connectivity index (χ1) is 13.0. The maximum Gasteiger partial charge on any atom is 0.573 e. The second-order valence-electron chi connectivity index (χ2n) is 9.36. The number of benzene rings is 2. The fraction of sp³-hybridized carbons (Fsp3) is 0.478. The smallest absolute Gasteiger partial charge is 0.406 e. The Kier molecular flexibility index (Phi) is 4.28. The average Bonchev–Trinajstić information content (AvgIpc) is 2.84. The lowest BCUT2D eigenvalue weighted by Gasteiger charge is -2.39. The summed E-state index contributed by atoms with van der Waals surface area (Å²) in [6.45, 7) is 11.3. The summed E-state index contributed by atoms with van der Waals surface area (Å²) in [5.74, 6) is -0.0691. The molecule has 2 aromatic rings. The van der Waals surface area contributed by atoms with Gasteiger partial charge in [0.2, 0.25) is 0 Å². The van der Waals surface area contributed by atoms with Gasteiger partial charge in [-0.15, -0.1) is 13.2 Å². The van der Waals surface area contributed by atoms with Crippen molar-refractivity contribution in [3.8, 4) is 16.9 Å². The van der Waals surface area contributed by atoms with Crippen LogP contribution in [0.3, 0.4) is 0 Å². The van der Waals surface area contributed by atoms with E-state index >= 15 is 0 Å². The van der Waals surface area contributed by atoms with E-state index in [1.165, 1.54) is 16.3 Å². The van der Waals surface area contributed by atoms with Crippen LogP contribution in [0, 0.1) is 0 Å². The number of hydrogen-bond acceptors (Lipinski definition) is 1. The van der Waals surface area contributed by atoms with Gasteiger partial charge in [0.25, 0.3) is 0 Å². The molecule has 4 rings (SSSR count). The maximum absolute atomic E-state index is 13.1. The van der Waals surface area contributed by atoms with Crippen molar-refractivity contribution in [2.24, 2.45) is 0 Å². The molecule has 0 N–H and O–H groups in total. The number of hydrogen-bond donors (Lipinski definition) is 0. The maximum atomic E-state index is 13.1. The molecule has 1 heterocycles. The molecule has 1 atom stereocenters. The lowest BCUT2D eigenvalue weighted by atomic mass is 9.70. The molecule has 0 bridgehead atoms. The van der Waals surface area contributed by atoms with E-state index < -0.39 is 14.4 Å². The predicted octanol–water partition coefficient (Wildman–Crippen LogP) is 6.56. The summed E-state index contributed by atoms with van der Waals surface area (Å²) in [5.41, 5.74) is 5.39. The van der Waals surface area contributed by atoms with E-state index in [-0.39, 0.29) is 11.2 Å². The Morgan fingerprint density at radius 3 is 2.25 bits per heavy atom. The van der Waals surface area contributed by atoms with Crippen LogP contribution in [0.5, 0.6) is 5.75 Å². The lowest BCUT2D eigenvalue weighted by Crippen LogP contribution is -2.51. The second kappa shape index (κ2) is 6.12. The van der Waals surface area contributed by atoms with Crippen LogP contribution in [-0.4, -0.2) is 14.4 Å². The van der Waals surface area contributed by atoms with Gasteiger partial charge in [0.1, 0.15) is 5.75 Å². The SMILES string of the molecule is CC(C)[Si]1(C(C)C)CC2(C)Cc3ccccc3-c3cc(OC(F)(F)F)cc1c32. The van der Waals surface area contributed by atoms with Gasteiger partial charge in [0, 0.05) is 0 Å². The molecule has 1 aliphatic heterocycles. The van der Waals surface area contributed by atoms with Gasteiger partial charge in [-0.25, -0.2) is 0 Å². The quantitative estimate of drug-likeness (QED) is 0.527. The van der Waals surface area contributed by atoms with E-state index in [4.69, 9.17) is 0 Å². The standard InChI is InChI=1S/C23H27F3OSi/c1-14(2)28(15(3)4)13-22(5)12-16-8-6-7-9-18(16)19-10-17(27-23(24,25)26)11-20(28)21(19)22/h6-11,14-15H,12-13H2,1-5H3. The van der Waals surface area contributed by atoms with Gasteiger partial charge in [0.15, 0.2) is 0 Å². The van der Waals surface area contributed by atoms with Crippen molar-refractivity contribution in [1.82, 2.24) is 0 Å². The summed E-state index contributed by atoms with van der Waals surface area (Å²) >= 11 is 0. The third-order valence-corrected chi connectivity index (χ3v) is 14.0. The zero-order valence-electron chi connectivity index (χ0n) is 17.1. The number of halogens is 3. The van der Waals surface area contributed by atoms with Gasteiger partial charge in [0.05, 0.1) is 8.07 Å². The molecule has 0 saturated heterocycles. The van der Waals surface area contributed by atoms with Gasteiger partial charge in [-0.05, 0) is 63.3 Å². The average molecular weight is 405 g/mol. The van der Waals surface area contributed by atoms with Crippen LogP contribution in [0.1, 0.15) is 45.7 Å². The van der Waals surface area contributed by atoms with E-state index in [0.29, 0.717) is 11.1 Å². The highest BCUT2D eigenvalue weighted by atomic mass is 28.3. The minimum Gasteiger partial charge on any atom is -0.406 e. The number of ether oxygens (including phenoxy) is 1. The third-order valence-electron chi connectivity index (χ3n) is 7.08. The molecule has 150 valence electrons. The van der Waals surface area contributed by atoms with E-state index in [2.05, 4.69) is 45.4 Å². The summed E-state index contributed by atoms with van der Waals surface area (Å²) < 4.78 is 43.7. The Hall–Kier alpha value is -1.75. The molecule has 28 heavy (non-hydrogen) atoms. The van der Waals surface area contributed by atoms with Crippen LogP contribution in [0.2, 0.25) is 17.1 Å². The number of alkyl halides is 3. The summed E-state index contributed by atoms with van der Waals surface area (Å²) in [4.78, 5) is 0. The second-order valence-corrected chi connectivity index (χ2v) is 14.6. The highest BCUT2D eigenvalue weighted by Gasteiger charge is 2.57. The van der Waals surface area contributed by atoms with E-state index in [1.807, 2.05) is 18.2 Å². The van der Waals surface area contributed by atoms with Crippen LogP contribution in [0.25, 0.3) is 11.1 Å². The van der Waals surface area contributed by atoms with Crippen LogP contribution >= 0.6 is 0 Å². The van der Waals surface area contributed by atoms with Crippen LogP contribution in [0.15, 0.2) is 36.4 Å². The molecule has 1 unspecified atom stereocenters. The van der Waals surface area contributed by atoms with E-state index in [1.54, 1.807) is 12.1 Å². The van der Waals surface area contributed by atoms with Crippen molar-refractivity contribution in [2.75, 3.05) is 0 Å². The molecule has 1 aliphatic carbocycles. The van der Waals surface area contributed by atoms with Crippen molar-refractivity contribution < 1.29 is 17.9 Å². The summed E-state index contributed by atoms with van der Waals surface area (Å²) in [7, 11) is -2.05. The first kappa shape index (κ1) is 19.6. The molecule has 2 aliphatic rings. The van der Waals surface area contributed by atoms with Crippen LogP contribution in [0.4, 0.5) is 13.2 Å². The largest absolute Gasteiger partial charge is 0.573 e. The number of fused-ring (bicyclic) bond motifs is 2. The van der Waals surface area contributed by atoms with E-state index in [0.717, 1.165) is 23.6 Å². The molecule has 0 fully saturated rings. The van der Waals surface area contributed by atoms with Gasteiger partial charge >= 0.3 is 6.36 Å². The van der Waals surface area contributed by atoms with Crippen LogP contribution in [-0.2, 0) is 11.8 Å². The fourth-order valence-corrected chi connectivity index (χ4v) is 12.6. The summed E-state index contributed by atoms with van der Waals surface area (Å²) in [5, 5.41) is 1.19. The monoisotopic (exact) mass is 404 g/mol. The summed E-state index contributed by atoms with van der Waals surface area (Å²) in [6.07, 6.45) is -3.73. The van der Waals surface area contributed by atoms with Gasteiger partial charge in [-0.2, -0.15) is 0 Å². The number of rotatable bonds is 3. The molecule has 1 nitrogen and oxygen atoms in total. The minimum absolute atomic E-state index is 0.0173. The lowest BCUT2D eigenvalue weighted by molar-refractivity contribution is -0.274. The van der Waals surface area contributed by atoms with Crippen molar-refractivity contribution in [3.63, 3.8) is 0 Å². The fourth-order valence-electron chi connectivity index (χ4n) is 6.07. The van der Waals surface area contributed by atoms with E-state index in [9.17, 15) is 13.2 Å². The van der Waals surface area contributed by atoms with Crippen LogP contribution < -0.4 is 9.92 Å². The topological polar surface area (TPSA) is 9.23 Å². The Labute approximate surface area is 165 Å². The third kappa shape index (κ3) is 2.73. The zero-order chi connectivity index (χ0) is 20.5. The Balaban J connectivity index is 2.05. The Morgan fingerprint density at radius 1 is 1.00 bits per heavy atom. The minimum atomic E-state index is -4.68. The Bertz CT molecular complexity index is 924. The summed E-state index contributed by atoms with van der Waals surface area (Å²) in [6, 6.07) is 12.6. The van der Waals surface area contributed by atoms with Gasteiger partial charge in [-0.1, -0.05) is 64.1 Å². The van der Waals surface area contributed by atoms with Crippen molar-refractivity contribution in [3.05, 3.63) is 47.5 Å². The molecule has 0 amide bonds. The normalized spacial score (nSPS) is 22.4. The molecule has 0 spiro atoms. The van der Waals surface area contributed by atoms with Gasteiger partial charge in [-0.3, -0.25) is 0 Å². The molecular formula is C23H27F3OSi. The predicted molar refractivity (Wildman–Crippen MR) is 110 cm³/mol. The molecule has 0 radical (unpaired) electrons. The molecular weight excluding hydrogens is 377 g/mol. The van der Waals surface area contributed by atoms with Crippen molar-refractivity contribution in [1.29, 1.82) is 0 Å². The molecule has 0 aromatic heterocycles. The van der Waals surface area contributed by atoms with Crippen molar-refractivity contribution >= 4 is 13.3 Å². The van der Waals surface area contributed by atoms with Crippen molar-refractivity contribution in [2.45, 2.75) is 69.9 Å². The Morgan fingerprint density at radius 2 is 1.64 bits per heavy atom. The first-order valence-corrected chi connectivity index (χ1v) is 12.4.